The van der Waals surface area contributed by atoms with E-state index in [1.54, 1.807) is 17.0 Å². The topological polar surface area (TPSA) is 55.2 Å². The fraction of sp³-hybridized carbons (Fsp3) is 0.464. The van der Waals surface area contributed by atoms with E-state index in [2.05, 4.69) is 4.98 Å². The van der Waals surface area contributed by atoms with Crippen LogP contribution in [-0.4, -0.2) is 29.4 Å². The Kier molecular flexibility index (Phi) is 5.09. The van der Waals surface area contributed by atoms with Crippen LogP contribution in [0.3, 0.4) is 0 Å². The van der Waals surface area contributed by atoms with Crippen LogP contribution in [0.5, 0.6) is 0 Å². The van der Waals surface area contributed by atoms with E-state index in [0.717, 1.165) is 31.4 Å². The average molecular weight is 478 g/mol. The summed E-state index contributed by atoms with van der Waals surface area (Å²) in [5.41, 5.74) is -0.0731. The molecule has 0 N–H and O–H groups in total. The summed E-state index contributed by atoms with van der Waals surface area (Å²) in [6.07, 6.45) is 8.79. The van der Waals surface area contributed by atoms with Gasteiger partial charge in [0.15, 0.2) is 11.4 Å². The van der Waals surface area contributed by atoms with Gasteiger partial charge in [0.2, 0.25) is 5.43 Å². The van der Waals surface area contributed by atoms with Gasteiger partial charge in [0.1, 0.15) is 17.5 Å². The van der Waals surface area contributed by atoms with Crippen LogP contribution in [0.2, 0.25) is 0 Å². The molecular formula is C28H29F2N3O2. The lowest BCUT2D eigenvalue weighted by molar-refractivity contribution is -0.0524. The molecule has 0 amide bonds. The summed E-state index contributed by atoms with van der Waals surface area (Å²) >= 11 is 0. The van der Waals surface area contributed by atoms with Crippen molar-refractivity contribution < 1.29 is 13.6 Å². The lowest BCUT2D eigenvalue weighted by Crippen LogP contribution is -2.47. The van der Waals surface area contributed by atoms with Crippen LogP contribution >= 0.6 is 0 Å². The minimum Gasteiger partial charge on any atom is -0.363 e. The zero-order valence-corrected chi connectivity index (χ0v) is 20.1. The molecule has 0 radical (unpaired) electrons. The Morgan fingerprint density at radius 3 is 2.31 bits per heavy atom. The first-order valence-corrected chi connectivity index (χ1v) is 12.4. The normalized spacial score (nSPS) is 26.9. The number of pyridine rings is 2. The zero-order chi connectivity index (χ0) is 24.5. The number of Topliss-reactive ketones (excluding diaryl/α,β-unsaturated/α-hetero) is 1. The smallest absolute Gasteiger partial charge is 0.201 e. The number of benzene rings is 1. The van der Waals surface area contributed by atoms with Crippen molar-refractivity contribution in [2.24, 2.45) is 23.2 Å². The molecule has 2 heterocycles. The number of carbonyl (C=O) groups excluding carboxylic acids is 1. The SMILES string of the molecule is CN(C)c1ccc2c(=O)c(C(=O)CC34CC5CC(CC(C5)C3)C4)cn(-c3ccc(F)cc3F)c2n1. The molecule has 0 unspecified atom stereocenters. The van der Waals surface area contributed by atoms with Gasteiger partial charge in [-0.2, -0.15) is 0 Å². The van der Waals surface area contributed by atoms with Gasteiger partial charge in [0, 0.05) is 32.8 Å². The van der Waals surface area contributed by atoms with Crippen molar-refractivity contribution in [1.29, 1.82) is 0 Å². The Bertz CT molecular complexity index is 1380. The second-order valence-electron chi connectivity index (χ2n) is 11.3. The van der Waals surface area contributed by atoms with E-state index in [4.69, 9.17) is 0 Å². The second-order valence-corrected chi connectivity index (χ2v) is 11.3. The number of anilines is 1. The Morgan fingerprint density at radius 1 is 1.06 bits per heavy atom. The van der Waals surface area contributed by atoms with Crippen LogP contribution in [0, 0.1) is 34.8 Å². The largest absolute Gasteiger partial charge is 0.363 e. The van der Waals surface area contributed by atoms with Gasteiger partial charge in [-0.1, -0.05) is 0 Å². The van der Waals surface area contributed by atoms with E-state index in [0.29, 0.717) is 30.0 Å². The minimum absolute atomic E-state index is 0.0216. The van der Waals surface area contributed by atoms with E-state index in [1.165, 1.54) is 36.1 Å². The maximum Gasteiger partial charge on any atom is 0.201 e. The van der Waals surface area contributed by atoms with Gasteiger partial charge in [0.05, 0.1) is 16.6 Å². The maximum absolute atomic E-state index is 14.9. The third-order valence-corrected chi connectivity index (χ3v) is 8.46. The van der Waals surface area contributed by atoms with Crippen molar-refractivity contribution in [3.8, 4) is 5.69 Å². The van der Waals surface area contributed by atoms with Crippen molar-refractivity contribution in [2.75, 3.05) is 19.0 Å². The lowest BCUT2D eigenvalue weighted by atomic mass is 9.48. The summed E-state index contributed by atoms with van der Waals surface area (Å²) < 4.78 is 30.0. The number of halogens is 2. The maximum atomic E-state index is 14.9. The fourth-order valence-electron chi connectivity index (χ4n) is 7.44. The van der Waals surface area contributed by atoms with Crippen LogP contribution in [0.15, 0.2) is 41.3 Å². The first kappa shape index (κ1) is 22.4. The molecule has 2 aromatic heterocycles. The average Bonchev–Trinajstić information content (AvgIpc) is 2.78. The van der Waals surface area contributed by atoms with Crippen LogP contribution in [0.4, 0.5) is 14.6 Å². The van der Waals surface area contributed by atoms with Crippen molar-refractivity contribution in [2.45, 2.75) is 44.9 Å². The van der Waals surface area contributed by atoms with Crippen LogP contribution in [0.1, 0.15) is 55.3 Å². The van der Waals surface area contributed by atoms with Crippen molar-refractivity contribution >= 4 is 22.6 Å². The van der Waals surface area contributed by atoms with Crippen molar-refractivity contribution in [3.63, 3.8) is 0 Å². The van der Waals surface area contributed by atoms with Crippen molar-refractivity contribution in [1.82, 2.24) is 9.55 Å². The highest BCUT2D eigenvalue weighted by Gasteiger charge is 2.51. The predicted octanol–water partition coefficient (Wildman–Crippen LogP) is 5.52. The Labute approximate surface area is 202 Å². The number of hydrogen-bond donors (Lipinski definition) is 0. The van der Waals surface area contributed by atoms with Crippen molar-refractivity contribution in [3.05, 3.63) is 63.9 Å². The Balaban J connectivity index is 1.47. The quantitative estimate of drug-likeness (QED) is 0.454. The molecule has 1 aromatic carbocycles. The number of rotatable bonds is 5. The number of nitrogens with zero attached hydrogens (tertiary/aromatic N) is 3. The molecule has 0 spiro atoms. The standard InChI is InChI=1S/C28H29F2N3O2/c1-32(2)25-6-4-20-26(35)21(15-33(27(20)31-25)23-5-3-19(29)10-22(23)30)24(34)14-28-11-16-7-17(12-28)9-18(8-16)13-28/h3-6,10,15-18H,7-9,11-14H2,1-2H3. The summed E-state index contributed by atoms with van der Waals surface area (Å²) in [7, 11) is 3.64. The lowest BCUT2D eigenvalue weighted by Gasteiger charge is -2.56. The van der Waals surface area contributed by atoms with Gasteiger partial charge in [0.25, 0.3) is 0 Å². The highest BCUT2D eigenvalue weighted by molar-refractivity contribution is 5.99. The monoisotopic (exact) mass is 477 g/mol. The van der Waals surface area contributed by atoms with E-state index in [1.807, 2.05) is 14.1 Å². The summed E-state index contributed by atoms with van der Waals surface area (Å²) in [6.45, 7) is 0. The first-order chi connectivity index (χ1) is 16.7. The molecule has 4 saturated carbocycles. The Hall–Kier alpha value is -3.09. The van der Waals surface area contributed by atoms with Gasteiger partial charge in [-0.15, -0.1) is 0 Å². The molecule has 35 heavy (non-hydrogen) atoms. The van der Waals surface area contributed by atoms with Gasteiger partial charge < -0.3 is 4.90 Å². The molecule has 182 valence electrons. The van der Waals surface area contributed by atoms with E-state index in [-0.39, 0.29) is 38.9 Å². The molecule has 0 atom stereocenters. The molecule has 4 bridgehead atoms. The van der Waals surface area contributed by atoms with E-state index < -0.39 is 11.6 Å². The third-order valence-electron chi connectivity index (χ3n) is 8.46. The first-order valence-electron chi connectivity index (χ1n) is 12.4. The number of hydrogen-bond acceptors (Lipinski definition) is 4. The Morgan fingerprint density at radius 2 is 1.71 bits per heavy atom. The van der Waals surface area contributed by atoms with Gasteiger partial charge in [-0.25, -0.2) is 13.8 Å². The molecule has 7 rings (SSSR count). The molecule has 4 aliphatic carbocycles. The summed E-state index contributed by atoms with van der Waals surface area (Å²) in [6, 6.07) is 6.62. The minimum atomic E-state index is -0.786. The zero-order valence-electron chi connectivity index (χ0n) is 20.1. The molecule has 0 saturated heterocycles. The summed E-state index contributed by atoms with van der Waals surface area (Å²) in [5.74, 6) is 1.01. The molecule has 0 aliphatic heterocycles. The number of aromatic nitrogens is 2. The number of fused-ring (bicyclic) bond motifs is 1. The van der Waals surface area contributed by atoms with Crippen LogP contribution in [0.25, 0.3) is 16.7 Å². The van der Waals surface area contributed by atoms with E-state index in [9.17, 15) is 18.4 Å². The van der Waals surface area contributed by atoms with E-state index >= 15 is 0 Å². The van der Waals surface area contributed by atoms with Gasteiger partial charge >= 0.3 is 0 Å². The second kappa shape index (κ2) is 7.97. The molecule has 3 aromatic rings. The number of ketones is 1. The molecular weight excluding hydrogens is 448 g/mol. The molecule has 7 heteroatoms. The predicted molar refractivity (Wildman–Crippen MR) is 131 cm³/mol. The van der Waals surface area contributed by atoms with Crippen LogP contribution in [-0.2, 0) is 0 Å². The summed E-state index contributed by atoms with van der Waals surface area (Å²) in [4.78, 5) is 33.6. The fourth-order valence-corrected chi connectivity index (χ4v) is 7.44. The molecule has 5 nitrogen and oxygen atoms in total. The van der Waals surface area contributed by atoms with Gasteiger partial charge in [-0.3, -0.25) is 14.2 Å². The molecule has 4 aliphatic rings. The van der Waals surface area contributed by atoms with Gasteiger partial charge in [-0.05, 0) is 86.0 Å². The molecule has 4 fully saturated rings. The third kappa shape index (κ3) is 3.76. The highest BCUT2D eigenvalue weighted by Crippen LogP contribution is 2.61. The van der Waals surface area contributed by atoms with Crippen LogP contribution < -0.4 is 10.3 Å². The highest BCUT2D eigenvalue weighted by atomic mass is 19.1. The number of carbonyl (C=O) groups is 1. The summed E-state index contributed by atoms with van der Waals surface area (Å²) in [5, 5.41) is 0.246.